The van der Waals surface area contributed by atoms with Gasteiger partial charge >= 0.3 is 0 Å². The zero-order valence-electron chi connectivity index (χ0n) is 4.76. The molecule has 0 radical (unpaired) electrons. The molecule has 0 saturated carbocycles. The fourth-order valence-electron chi connectivity index (χ4n) is 0.439. The third-order valence-corrected chi connectivity index (χ3v) is 0.832. The van der Waals surface area contributed by atoms with Crippen LogP contribution >= 0.6 is 0 Å². The normalized spacial score (nSPS) is 17.9. The van der Waals surface area contributed by atoms with Gasteiger partial charge in [-0.05, 0) is 18.6 Å². The van der Waals surface area contributed by atoms with E-state index in [4.69, 9.17) is 9.47 Å². The second kappa shape index (κ2) is 2.40. The van der Waals surface area contributed by atoms with Gasteiger partial charge in [-0.1, -0.05) is 0 Å². The SMILES string of the molecule is CC1=COCOC=C1. The van der Waals surface area contributed by atoms with E-state index in [0.717, 1.165) is 5.57 Å². The van der Waals surface area contributed by atoms with Crippen molar-refractivity contribution < 1.29 is 9.47 Å². The fourth-order valence-corrected chi connectivity index (χ4v) is 0.439. The molecule has 0 spiro atoms. The molecule has 0 aromatic carbocycles. The van der Waals surface area contributed by atoms with Gasteiger partial charge in [0.05, 0.1) is 12.5 Å². The van der Waals surface area contributed by atoms with Gasteiger partial charge < -0.3 is 9.47 Å². The van der Waals surface area contributed by atoms with Crippen LogP contribution in [0.4, 0.5) is 0 Å². The van der Waals surface area contributed by atoms with Crippen LogP contribution in [0.3, 0.4) is 0 Å². The molecule has 2 nitrogen and oxygen atoms in total. The first-order valence-electron chi connectivity index (χ1n) is 2.46. The van der Waals surface area contributed by atoms with Crippen molar-refractivity contribution in [3.8, 4) is 0 Å². The van der Waals surface area contributed by atoms with Gasteiger partial charge in [0, 0.05) is 0 Å². The molecule has 8 heavy (non-hydrogen) atoms. The summed E-state index contributed by atoms with van der Waals surface area (Å²) in [5.41, 5.74) is 1.07. The molecule has 2 heteroatoms. The summed E-state index contributed by atoms with van der Waals surface area (Å²) in [6, 6.07) is 0. The van der Waals surface area contributed by atoms with Gasteiger partial charge in [0.1, 0.15) is 0 Å². The van der Waals surface area contributed by atoms with E-state index in [1.165, 1.54) is 0 Å². The minimum Gasteiger partial charge on any atom is -0.465 e. The Labute approximate surface area is 48.4 Å². The first-order chi connectivity index (χ1) is 3.89. The van der Waals surface area contributed by atoms with E-state index < -0.39 is 0 Å². The number of allylic oxidation sites excluding steroid dienone is 2. The summed E-state index contributed by atoms with van der Waals surface area (Å²) in [6.45, 7) is 2.28. The van der Waals surface area contributed by atoms with Gasteiger partial charge in [-0.2, -0.15) is 0 Å². The minimum absolute atomic E-state index is 0.327. The highest BCUT2D eigenvalue weighted by Gasteiger charge is 1.86. The Morgan fingerprint density at radius 2 is 2.38 bits per heavy atom. The summed E-state index contributed by atoms with van der Waals surface area (Å²) in [6.07, 6.45) is 5.15. The number of hydrogen-bond donors (Lipinski definition) is 0. The van der Waals surface area contributed by atoms with E-state index in [1.54, 1.807) is 12.5 Å². The zero-order valence-corrected chi connectivity index (χ0v) is 4.76. The van der Waals surface area contributed by atoms with Gasteiger partial charge in [-0.15, -0.1) is 0 Å². The molecule has 1 aliphatic rings. The van der Waals surface area contributed by atoms with Crippen molar-refractivity contribution in [2.75, 3.05) is 6.79 Å². The van der Waals surface area contributed by atoms with Gasteiger partial charge in [0.25, 0.3) is 0 Å². The summed E-state index contributed by atoms with van der Waals surface area (Å²) in [5, 5.41) is 0. The molecule has 1 rings (SSSR count). The third-order valence-electron chi connectivity index (χ3n) is 0.832. The summed E-state index contributed by atoms with van der Waals surface area (Å²) in [7, 11) is 0. The van der Waals surface area contributed by atoms with Crippen LogP contribution < -0.4 is 0 Å². The summed E-state index contributed by atoms with van der Waals surface area (Å²) < 4.78 is 9.67. The van der Waals surface area contributed by atoms with Crippen LogP contribution in [0.1, 0.15) is 6.92 Å². The average Bonchev–Trinajstić information content (AvgIpc) is 1.94. The Balaban J connectivity index is 2.55. The van der Waals surface area contributed by atoms with E-state index in [1.807, 2.05) is 13.0 Å². The first kappa shape index (κ1) is 5.22. The van der Waals surface area contributed by atoms with Crippen LogP contribution in [0.15, 0.2) is 24.2 Å². The van der Waals surface area contributed by atoms with E-state index in [9.17, 15) is 0 Å². The Morgan fingerprint density at radius 1 is 1.50 bits per heavy atom. The smallest absolute Gasteiger partial charge is 0.229 e. The lowest BCUT2D eigenvalue weighted by molar-refractivity contribution is 0.0479. The molecule has 0 amide bonds. The molecule has 0 aromatic rings. The van der Waals surface area contributed by atoms with E-state index in [0.29, 0.717) is 6.79 Å². The quantitative estimate of drug-likeness (QED) is 0.471. The highest BCUT2D eigenvalue weighted by Crippen LogP contribution is 1.99. The van der Waals surface area contributed by atoms with Gasteiger partial charge in [0.15, 0.2) is 0 Å². The summed E-state index contributed by atoms with van der Waals surface area (Å²) in [4.78, 5) is 0. The number of rotatable bonds is 0. The molecule has 1 aliphatic heterocycles. The summed E-state index contributed by atoms with van der Waals surface area (Å²) >= 11 is 0. The number of ether oxygens (including phenoxy) is 2. The lowest BCUT2D eigenvalue weighted by atomic mass is 10.3. The van der Waals surface area contributed by atoms with Crippen LogP contribution in [0, 0.1) is 0 Å². The van der Waals surface area contributed by atoms with E-state index in [2.05, 4.69) is 0 Å². The van der Waals surface area contributed by atoms with Crippen molar-refractivity contribution in [2.24, 2.45) is 0 Å². The van der Waals surface area contributed by atoms with Crippen molar-refractivity contribution >= 4 is 0 Å². The van der Waals surface area contributed by atoms with Crippen molar-refractivity contribution in [3.63, 3.8) is 0 Å². The highest BCUT2D eigenvalue weighted by molar-refractivity contribution is 5.11. The Bertz CT molecular complexity index is 124. The number of hydrogen-bond acceptors (Lipinski definition) is 2. The molecule has 0 atom stereocenters. The predicted molar refractivity (Wildman–Crippen MR) is 29.9 cm³/mol. The van der Waals surface area contributed by atoms with Crippen molar-refractivity contribution in [1.29, 1.82) is 0 Å². The maximum Gasteiger partial charge on any atom is 0.229 e. The van der Waals surface area contributed by atoms with E-state index in [-0.39, 0.29) is 0 Å². The first-order valence-corrected chi connectivity index (χ1v) is 2.46. The minimum atomic E-state index is 0.327. The fraction of sp³-hybridized carbons (Fsp3) is 0.333. The highest BCUT2D eigenvalue weighted by atomic mass is 16.7. The molecule has 1 heterocycles. The molecule has 44 valence electrons. The van der Waals surface area contributed by atoms with Crippen LogP contribution in [0.2, 0.25) is 0 Å². The van der Waals surface area contributed by atoms with Gasteiger partial charge in [-0.3, -0.25) is 0 Å². The lowest BCUT2D eigenvalue weighted by Gasteiger charge is -1.94. The summed E-state index contributed by atoms with van der Waals surface area (Å²) in [5.74, 6) is 0. The van der Waals surface area contributed by atoms with Gasteiger partial charge in [-0.25, -0.2) is 0 Å². The molecular formula is C6H8O2. The molecular weight excluding hydrogens is 104 g/mol. The Kier molecular flexibility index (Phi) is 1.57. The predicted octanol–water partition coefficient (Wildman–Crippen LogP) is 1.41. The van der Waals surface area contributed by atoms with Crippen LogP contribution in [0.5, 0.6) is 0 Å². The molecule has 0 saturated heterocycles. The molecule has 0 aromatic heterocycles. The van der Waals surface area contributed by atoms with Crippen molar-refractivity contribution in [2.45, 2.75) is 6.92 Å². The van der Waals surface area contributed by atoms with Crippen LogP contribution in [-0.4, -0.2) is 6.79 Å². The molecule has 0 aliphatic carbocycles. The molecule has 0 N–H and O–H groups in total. The largest absolute Gasteiger partial charge is 0.465 e. The average molecular weight is 112 g/mol. The maximum absolute atomic E-state index is 4.86. The van der Waals surface area contributed by atoms with Gasteiger partial charge in [0.2, 0.25) is 6.79 Å². The Hall–Kier alpha value is -0.920. The maximum atomic E-state index is 4.86. The van der Waals surface area contributed by atoms with E-state index >= 15 is 0 Å². The van der Waals surface area contributed by atoms with Crippen molar-refractivity contribution in [3.05, 3.63) is 24.2 Å². The topological polar surface area (TPSA) is 18.5 Å². The van der Waals surface area contributed by atoms with Crippen LogP contribution in [0.25, 0.3) is 0 Å². The zero-order chi connectivity index (χ0) is 5.82. The third kappa shape index (κ3) is 1.30. The second-order valence-electron chi connectivity index (χ2n) is 1.62. The second-order valence-corrected chi connectivity index (χ2v) is 1.62. The van der Waals surface area contributed by atoms with Crippen molar-refractivity contribution in [1.82, 2.24) is 0 Å². The molecule has 0 bridgehead atoms. The molecule has 0 fully saturated rings. The molecule has 0 unspecified atom stereocenters. The Morgan fingerprint density at radius 3 is 3.25 bits per heavy atom. The van der Waals surface area contributed by atoms with Crippen LogP contribution in [-0.2, 0) is 9.47 Å². The monoisotopic (exact) mass is 112 g/mol. The lowest BCUT2D eigenvalue weighted by Crippen LogP contribution is -1.84. The standard InChI is InChI=1S/C6H8O2/c1-6-2-3-7-5-8-4-6/h2-4H,5H2,1H3.